The molecule has 0 amide bonds. The van der Waals surface area contributed by atoms with Crippen LogP contribution in [0.15, 0.2) is 46.9 Å². The van der Waals surface area contributed by atoms with Crippen LogP contribution in [0, 0.1) is 6.92 Å². The van der Waals surface area contributed by atoms with Crippen molar-refractivity contribution < 1.29 is 4.74 Å². The average Bonchev–Trinajstić information content (AvgIpc) is 2.33. The van der Waals surface area contributed by atoms with Gasteiger partial charge in [-0.3, -0.25) is 0 Å². The zero-order valence-corrected chi connectivity index (χ0v) is 11.8. The van der Waals surface area contributed by atoms with Gasteiger partial charge in [0.2, 0.25) is 0 Å². The molecule has 0 fully saturated rings. The molecule has 0 heterocycles. The van der Waals surface area contributed by atoms with Gasteiger partial charge in [-0.1, -0.05) is 35.4 Å². The molecule has 0 saturated heterocycles. The molecule has 88 valence electrons. The van der Waals surface area contributed by atoms with Gasteiger partial charge in [-0.15, -0.1) is 0 Å². The highest BCUT2D eigenvalue weighted by Gasteiger charge is 2.00. The molecule has 0 atom stereocenters. The maximum Gasteiger partial charge on any atom is 0.119 e. The third-order valence-electron chi connectivity index (χ3n) is 2.41. The summed E-state index contributed by atoms with van der Waals surface area (Å²) in [6, 6.07) is 13.8. The summed E-state index contributed by atoms with van der Waals surface area (Å²) >= 11 is 9.37. The second-order valence-electron chi connectivity index (χ2n) is 3.85. The Bertz CT molecular complexity index is 508. The van der Waals surface area contributed by atoms with E-state index in [1.807, 2.05) is 42.5 Å². The van der Waals surface area contributed by atoms with Crippen LogP contribution in [-0.2, 0) is 6.61 Å². The minimum absolute atomic E-state index is 0.524. The molecular formula is C14H12BrClO. The Morgan fingerprint density at radius 2 is 1.82 bits per heavy atom. The van der Waals surface area contributed by atoms with Crippen LogP contribution in [0.4, 0.5) is 0 Å². The van der Waals surface area contributed by atoms with Crippen molar-refractivity contribution >= 4 is 27.5 Å². The van der Waals surface area contributed by atoms with Crippen LogP contribution in [-0.4, -0.2) is 0 Å². The highest BCUT2D eigenvalue weighted by molar-refractivity contribution is 9.10. The van der Waals surface area contributed by atoms with Crippen LogP contribution in [0.25, 0.3) is 0 Å². The molecule has 0 saturated carbocycles. The normalized spacial score (nSPS) is 10.3. The van der Waals surface area contributed by atoms with Gasteiger partial charge in [0, 0.05) is 4.47 Å². The maximum atomic E-state index is 6.01. The van der Waals surface area contributed by atoms with Gasteiger partial charge in [-0.25, -0.2) is 0 Å². The van der Waals surface area contributed by atoms with Crippen molar-refractivity contribution in [2.24, 2.45) is 0 Å². The number of aryl methyl sites for hydroxylation is 1. The van der Waals surface area contributed by atoms with Gasteiger partial charge in [0.25, 0.3) is 0 Å². The van der Waals surface area contributed by atoms with E-state index in [1.54, 1.807) is 0 Å². The number of benzene rings is 2. The predicted octanol–water partition coefficient (Wildman–Crippen LogP) is 4.99. The van der Waals surface area contributed by atoms with Crippen LogP contribution in [0.2, 0.25) is 5.02 Å². The Labute approximate surface area is 115 Å². The first-order valence-corrected chi connectivity index (χ1v) is 6.45. The standard InChI is InChI=1S/C14H12BrClO/c1-10-2-5-12(6-3-10)17-9-11-4-7-13(15)14(16)8-11/h2-8H,9H2,1H3. The van der Waals surface area contributed by atoms with Crippen molar-refractivity contribution in [3.63, 3.8) is 0 Å². The van der Waals surface area contributed by atoms with E-state index >= 15 is 0 Å². The average molecular weight is 312 g/mol. The molecule has 3 heteroatoms. The third kappa shape index (κ3) is 3.48. The Hall–Kier alpha value is -0.990. The number of hydrogen-bond acceptors (Lipinski definition) is 1. The van der Waals surface area contributed by atoms with Crippen molar-refractivity contribution in [2.45, 2.75) is 13.5 Å². The molecule has 2 rings (SSSR count). The highest BCUT2D eigenvalue weighted by Crippen LogP contribution is 2.24. The van der Waals surface area contributed by atoms with Crippen LogP contribution in [0.1, 0.15) is 11.1 Å². The lowest BCUT2D eigenvalue weighted by Gasteiger charge is -2.07. The van der Waals surface area contributed by atoms with Gasteiger partial charge in [-0.2, -0.15) is 0 Å². The van der Waals surface area contributed by atoms with E-state index in [0.717, 1.165) is 15.8 Å². The summed E-state index contributed by atoms with van der Waals surface area (Å²) in [5.74, 6) is 0.870. The van der Waals surface area contributed by atoms with E-state index in [0.29, 0.717) is 11.6 Å². The van der Waals surface area contributed by atoms with Gasteiger partial charge in [0.15, 0.2) is 0 Å². The number of ether oxygens (including phenoxy) is 1. The van der Waals surface area contributed by atoms with E-state index < -0.39 is 0 Å². The topological polar surface area (TPSA) is 9.23 Å². The molecule has 0 aromatic heterocycles. The molecule has 0 N–H and O–H groups in total. The highest BCUT2D eigenvalue weighted by atomic mass is 79.9. The number of hydrogen-bond donors (Lipinski definition) is 0. The minimum Gasteiger partial charge on any atom is -0.489 e. The molecule has 0 radical (unpaired) electrons. The summed E-state index contributed by atoms with van der Waals surface area (Å²) in [7, 11) is 0. The molecule has 17 heavy (non-hydrogen) atoms. The van der Waals surface area contributed by atoms with Crippen LogP contribution < -0.4 is 4.74 Å². The molecule has 2 aromatic rings. The van der Waals surface area contributed by atoms with Crippen LogP contribution in [0.3, 0.4) is 0 Å². The fourth-order valence-electron chi connectivity index (χ4n) is 1.43. The van der Waals surface area contributed by atoms with E-state index in [1.165, 1.54) is 5.56 Å². The second kappa shape index (κ2) is 5.56. The van der Waals surface area contributed by atoms with Crippen molar-refractivity contribution in [3.8, 4) is 5.75 Å². The first-order chi connectivity index (χ1) is 8.15. The summed E-state index contributed by atoms with van der Waals surface area (Å²) < 4.78 is 6.57. The zero-order valence-electron chi connectivity index (χ0n) is 9.41. The summed E-state index contributed by atoms with van der Waals surface area (Å²) in [4.78, 5) is 0. The summed E-state index contributed by atoms with van der Waals surface area (Å²) in [6.07, 6.45) is 0. The van der Waals surface area contributed by atoms with Crippen molar-refractivity contribution in [3.05, 3.63) is 63.1 Å². The fourth-order valence-corrected chi connectivity index (χ4v) is 1.88. The monoisotopic (exact) mass is 310 g/mol. The summed E-state index contributed by atoms with van der Waals surface area (Å²) in [5.41, 5.74) is 2.28. The molecule has 0 bridgehead atoms. The molecule has 0 unspecified atom stereocenters. The maximum absolute atomic E-state index is 6.01. The number of rotatable bonds is 3. The Balaban J connectivity index is 2.02. The molecule has 0 spiro atoms. The molecule has 2 aromatic carbocycles. The van der Waals surface area contributed by atoms with E-state index in [-0.39, 0.29) is 0 Å². The molecular weight excluding hydrogens is 300 g/mol. The molecule has 0 aliphatic heterocycles. The predicted molar refractivity (Wildman–Crippen MR) is 74.7 cm³/mol. The summed E-state index contributed by atoms with van der Waals surface area (Å²) in [6.45, 7) is 2.58. The molecule has 0 aliphatic carbocycles. The third-order valence-corrected chi connectivity index (χ3v) is 3.64. The first-order valence-electron chi connectivity index (χ1n) is 5.28. The van der Waals surface area contributed by atoms with E-state index in [9.17, 15) is 0 Å². The lowest BCUT2D eigenvalue weighted by atomic mass is 10.2. The summed E-state index contributed by atoms with van der Waals surface area (Å²) in [5, 5.41) is 0.704. The van der Waals surface area contributed by atoms with Gasteiger partial charge in [0.1, 0.15) is 12.4 Å². The van der Waals surface area contributed by atoms with E-state index in [2.05, 4.69) is 22.9 Å². The first kappa shape index (κ1) is 12.5. The van der Waals surface area contributed by atoms with Gasteiger partial charge < -0.3 is 4.74 Å². The smallest absolute Gasteiger partial charge is 0.119 e. The Morgan fingerprint density at radius 3 is 2.47 bits per heavy atom. The molecule has 1 nitrogen and oxygen atoms in total. The van der Waals surface area contributed by atoms with E-state index in [4.69, 9.17) is 16.3 Å². The lowest BCUT2D eigenvalue weighted by molar-refractivity contribution is 0.306. The van der Waals surface area contributed by atoms with Gasteiger partial charge in [0.05, 0.1) is 5.02 Å². The van der Waals surface area contributed by atoms with Gasteiger partial charge >= 0.3 is 0 Å². The van der Waals surface area contributed by atoms with Crippen molar-refractivity contribution in [1.29, 1.82) is 0 Å². The van der Waals surface area contributed by atoms with Crippen molar-refractivity contribution in [1.82, 2.24) is 0 Å². The van der Waals surface area contributed by atoms with Crippen LogP contribution in [0.5, 0.6) is 5.75 Å². The zero-order chi connectivity index (χ0) is 12.3. The van der Waals surface area contributed by atoms with Crippen LogP contribution >= 0.6 is 27.5 Å². The fraction of sp³-hybridized carbons (Fsp3) is 0.143. The largest absolute Gasteiger partial charge is 0.489 e. The molecule has 0 aliphatic rings. The minimum atomic E-state index is 0.524. The number of halogens is 2. The second-order valence-corrected chi connectivity index (χ2v) is 5.11. The van der Waals surface area contributed by atoms with Crippen molar-refractivity contribution in [2.75, 3.05) is 0 Å². The lowest BCUT2D eigenvalue weighted by Crippen LogP contribution is -1.95. The SMILES string of the molecule is Cc1ccc(OCc2ccc(Br)c(Cl)c2)cc1. The van der Waals surface area contributed by atoms with Gasteiger partial charge in [-0.05, 0) is 52.7 Å². The Kier molecular flexibility index (Phi) is 4.08. The Morgan fingerprint density at radius 1 is 1.12 bits per heavy atom. The quantitative estimate of drug-likeness (QED) is 0.776.